The molecule has 4 aliphatic rings. The molecule has 4 amide bonds. The van der Waals surface area contributed by atoms with E-state index >= 15 is 0 Å². The van der Waals surface area contributed by atoms with Gasteiger partial charge in [0.25, 0.3) is 0 Å². The number of carbonyl (C=O) groups is 4. The Labute approximate surface area is 372 Å². The molecular formula is C48H58N8O8. The topological polar surface area (TPSA) is 193 Å². The zero-order valence-electron chi connectivity index (χ0n) is 37.4. The van der Waals surface area contributed by atoms with E-state index < -0.39 is 24.3 Å². The van der Waals surface area contributed by atoms with Crippen LogP contribution in [0, 0.1) is 17.8 Å². The number of likely N-dealkylation sites (tertiary alicyclic amines) is 2. The summed E-state index contributed by atoms with van der Waals surface area (Å²) >= 11 is 0. The van der Waals surface area contributed by atoms with Crippen LogP contribution in [0.15, 0.2) is 48.7 Å². The molecule has 0 aliphatic carbocycles. The molecule has 0 radical (unpaired) electrons. The average molecular weight is 875 g/mol. The minimum absolute atomic E-state index is 0.0126. The average Bonchev–Trinajstić information content (AvgIpc) is 4.14. The predicted octanol–water partition coefficient (Wildman–Crippen LogP) is 7.55. The number of carbonyl (C=O) groups excluding carboxylic acids is 4. The second-order valence-electron chi connectivity index (χ2n) is 18.2. The Morgan fingerprint density at radius 3 is 2.42 bits per heavy atom. The summed E-state index contributed by atoms with van der Waals surface area (Å²) in [5.74, 6) is 2.02. The number of hydrogen-bond acceptors (Lipinski definition) is 10. The van der Waals surface area contributed by atoms with Crippen molar-refractivity contribution >= 4 is 45.8 Å². The first-order valence-electron chi connectivity index (χ1n) is 22.6. The largest absolute Gasteiger partial charge is 0.488 e. The lowest BCUT2D eigenvalue weighted by Gasteiger charge is -2.36. The number of amides is 4. The van der Waals surface area contributed by atoms with Gasteiger partial charge in [-0.25, -0.2) is 19.6 Å². The van der Waals surface area contributed by atoms with E-state index in [2.05, 4.69) is 70.8 Å². The van der Waals surface area contributed by atoms with Gasteiger partial charge in [0.15, 0.2) is 0 Å². The van der Waals surface area contributed by atoms with Crippen molar-refractivity contribution in [3.63, 3.8) is 0 Å². The highest BCUT2D eigenvalue weighted by Crippen LogP contribution is 2.44. The van der Waals surface area contributed by atoms with Crippen molar-refractivity contribution in [2.24, 2.45) is 17.8 Å². The van der Waals surface area contributed by atoms with Crippen molar-refractivity contribution in [1.82, 2.24) is 40.4 Å². The molecule has 4 N–H and O–H groups in total. The minimum atomic E-state index is -0.721. The highest BCUT2D eigenvalue weighted by molar-refractivity contribution is 6.07. The van der Waals surface area contributed by atoms with Gasteiger partial charge in [-0.05, 0) is 103 Å². The molecule has 16 nitrogen and oxygen atoms in total. The Morgan fingerprint density at radius 2 is 1.67 bits per heavy atom. The third-order valence-corrected chi connectivity index (χ3v) is 13.8. The van der Waals surface area contributed by atoms with Gasteiger partial charge >= 0.3 is 12.2 Å². The molecular weight excluding hydrogens is 817 g/mol. The molecule has 16 heteroatoms. The standard InChI is InChI=1S/C48H58N8O8/c1-7-31-10-13-37(56(31)46(58)41(54-48(60)62-6)27-14-16-63-17-15-27)44-50-35-12-9-28-20-34-32-11-8-29(19-30(32)24-64-39(34)21-33(28)42(35)52-44)36-22-49-43(51-36)38-18-26(4)23-55(38)45(57)40(25(2)3)53-47(59)61-5/h8-9,11-12,19-22,25-27,31,37-38,40-41H,7,10,13-18,23-24H2,1-6H3,(H,49,51)(H,50,52)(H,53,59)(H,54,60)/t26-,31-,37-,38-,40?,41-/m0/s1. The molecule has 3 aromatic carbocycles. The highest BCUT2D eigenvalue weighted by Gasteiger charge is 2.44. The number of nitrogens with zero attached hydrogens (tertiary/aromatic N) is 4. The summed E-state index contributed by atoms with van der Waals surface area (Å²) in [5.41, 5.74) is 6.60. The number of hydrogen-bond donors (Lipinski definition) is 4. The van der Waals surface area contributed by atoms with E-state index in [1.54, 1.807) is 0 Å². The Balaban J connectivity index is 0.970. The number of ether oxygens (including phenoxy) is 4. The number of rotatable bonds is 10. The monoisotopic (exact) mass is 874 g/mol. The molecule has 338 valence electrons. The fourth-order valence-electron chi connectivity index (χ4n) is 10.4. The molecule has 0 spiro atoms. The third kappa shape index (κ3) is 8.01. The van der Waals surface area contributed by atoms with E-state index in [0.717, 1.165) is 87.0 Å². The minimum Gasteiger partial charge on any atom is -0.488 e. The molecule has 0 bridgehead atoms. The van der Waals surface area contributed by atoms with Crippen LogP contribution in [0.1, 0.15) is 95.5 Å². The summed E-state index contributed by atoms with van der Waals surface area (Å²) in [7, 11) is 2.61. The summed E-state index contributed by atoms with van der Waals surface area (Å²) in [4.78, 5) is 73.8. The lowest BCUT2D eigenvalue weighted by Crippen LogP contribution is -2.54. The van der Waals surface area contributed by atoms with E-state index in [-0.39, 0.29) is 47.7 Å². The van der Waals surface area contributed by atoms with Crippen molar-refractivity contribution in [3.05, 3.63) is 65.9 Å². The van der Waals surface area contributed by atoms with Crippen LogP contribution in [0.2, 0.25) is 0 Å². The molecule has 6 atom stereocenters. The Bertz CT molecular complexity index is 2580. The number of fused-ring (bicyclic) bond motifs is 6. The fraction of sp³-hybridized carbons (Fsp3) is 0.500. The SMILES string of the molecule is CC[C@H]1CC[C@@H](c2nc3c(ccc4cc5c(cc43)OCc3cc(-c4cnc([C@@H]6C[C@H](C)CN6C(=O)C(NC(=O)OC)C(C)C)[nH]4)ccc3-5)[nH]2)N1C(=O)[C@@H](NC(=O)OC)C1CCOCC1. The Hall–Kier alpha value is -6.16. The molecule has 64 heavy (non-hydrogen) atoms. The van der Waals surface area contributed by atoms with E-state index in [1.165, 1.54) is 14.2 Å². The normalized spacial score (nSPS) is 21.9. The van der Waals surface area contributed by atoms with Crippen molar-refractivity contribution in [2.75, 3.05) is 34.0 Å². The molecule has 5 aromatic rings. The Morgan fingerprint density at radius 1 is 0.891 bits per heavy atom. The smallest absolute Gasteiger partial charge is 0.407 e. The van der Waals surface area contributed by atoms with Crippen LogP contribution in [0.5, 0.6) is 5.75 Å². The van der Waals surface area contributed by atoms with Crippen LogP contribution in [0.25, 0.3) is 44.2 Å². The summed E-state index contributed by atoms with van der Waals surface area (Å²) < 4.78 is 21.8. The number of alkyl carbamates (subject to hydrolysis) is 2. The molecule has 2 aromatic heterocycles. The quantitative estimate of drug-likeness (QED) is 0.109. The molecule has 1 unspecified atom stereocenters. The maximum Gasteiger partial charge on any atom is 0.407 e. The third-order valence-electron chi connectivity index (χ3n) is 13.8. The van der Waals surface area contributed by atoms with Gasteiger partial charge in [0.1, 0.15) is 36.1 Å². The fourth-order valence-corrected chi connectivity index (χ4v) is 10.4. The lowest BCUT2D eigenvalue weighted by atomic mass is 9.90. The van der Waals surface area contributed by atoms with Gasteiger partial charge in [0.05, 0.1) is 49.2 Å². The second kappa shape index (κ2) is 17.8. The number of methoxy groups -OCH3 is 2. The van der Waals surface area contributed by atoms with Gasteiger partial charge in [-0.2, -0.15) is 0 Å². The lowest BCUT2D eigenvalue weighted by molar-refractivity contribution is -0.139. The first-order chi connectivity index (χ1) is 31.0. The number of nitrogens with one attached hydrogen (secondary N) is 4. The van der Waals surface area contributed by atoms with E-state index in [9.17, 15) is 19.2 Å². The maximum atomic E-state index is 14.5. The van der Waals surface area contributed by atoms with Crippen LogP contribution in [-0.4, -0.2) is 106 Å². The first-order valence-corrected chi connectivity index (χ1v) is 22.6. The zero-order valence-corrected chi connectivity index (χ0v) is 37.4. The van der Waals surface area contributed by atoms with Crippen LogP contribution in [-0.2, 0) is 30.4 Å². The van der Waals surface area contributed by atoms with E-state index in [1.807, 2.05) is 35.9 Å². The molecule has 9 rings (SSSR count). The van der Waals surface area contributed by atoms with Crippen molar-refractivity contribution in [1.29, 1.82) is 0 Å². The van der Waals surface area contributed by atoms with Gasteiger partial charge < -0.3 is 49.3 Å². The van der Waals surface area contributed by atoms with Crippen LogP contribution < -0.4 is 15.4 Å². The van der Waals surface area contributed by atoms with E-state index in [4.69, 9.17) is 28.9 Å². The van der Waals surface area contributed by atoms with Crippen LogP contribution in [0.4, 0.5) is 9.59 Å². The summed E-state index contributed by atoms with van der Waals surface area (Å²) in [6.45, 7) is 10.1. The zero-order chi connectivity index (χ0) is 44.8. The van der Waals surface area contributed by atoms with Crippen molar-refractivity contribution in [3.8, 4) is 28.1 Å². The summed E-state index contributed by atoms with van der Waals surface area (Å²) in [5, 5.41) is 7.57. The maximum absolute atomic E-state index is 14.5. The van der Waals surface area contributed by atoms with Gasteiger partial charge in [-0.3, -0.25) is 9.59 Å². The van der Waals surface area contributed by atoms with Crippen molar-refractivity contribution in [2.45, 2.75) is 103 Å². The van der Waals surface area contributed by atoms with E-state index in [0.29, 0.717) is 45.0 Å². The molecule has 4 aliphatic heterocycles. The van der Waals surface area contributed by atoms with Crippen LogP contribution >= 0.6 is 0 Å². The van der Waals surface area contributed by atoms with Crippen LogP contribution in [0.3, 0.4) is 0 Å². The van der Waals surface area contributed by atoms with Gasteiger partial charge in [-0.1, -0.05) is 45.9 Å². The number of H-pyrrole nitrogens is 2. The van der Waals surface area contributed by atoms with Gasteiger partial charge in [-0.15, -0.1) is 0 Å². The summed E-state index contributed by atoms with van der Waals surface area (Å²) in [6, 6.07) is 12.7. The van der Waals surface area contributed by atoms with Gasteiger partial charge in [0.2, 0.25) is 11.8 Å². The molecule has 3 saturated heterocycles. The van der Waals surface area contributed by atoms with Crippen molar-refractivity contribution < 1.29 is 38.1 Å². The first kappa shape index (κ1) is 43.1. The number of aromatic nitrogens is 4. The number of aromatic amines is 2. The van der Waals surface area contributed by atoms with Gasteiger partial charge in [0, 0.05) is 36.8 Å². The summed E-state index contributed by atoms with van der Waals surface area (Å²) in [6.07, 6.45) is 5.06. The highest BCUT2D eigenvalue weighted by atomic mass is 16.5. The second-order valence-corrected chi connectivity index (χ2v) is 18.2. The molecule has 3 fully saturated rings. The number of benzene rings is 3. The Kier molecular flexibility index (Phi) is 12.0. The molecule has 6 heterocycles. The number of imidazole rings is 2. The molecule has 0 saturated carbocycles. The predicted molar refractivity (Wildman–Crippen MR) is 239 cm³/mol.